The lowest BCUT2D eigenvalue weighted by Gasteiger charge is -2.04. The third-order valence-electron chi connectivity index (χ3n) is 2.78. The second-order valence-corrected chi connectivity index (χ2v) is 7.96. The highest BCUT2D eigenvalue weighted by Crippen LogP contribution is 2.29. The smallest absolute Gasteiger partial charge is 0.271 e. The van der Waals surface area contributed by atoms with Gasteiger partial charge >= 0.3 is 0 Å². The summed E-state index contributed by atoms with van der Waals surface area (Å²) in [5.41, 5.74) is 0.811. The van der Waals surface area contributed by atoms with Crippen LogP contribution in [-0.2, 0) is 9.05 Å². The molecule has 0 aliphatic heterocycles. The Morgan fingerprint density at radius 1 is 1.37 bits per heavy atom. The van der Waals surface area contributed by atoms with E-state index in [4.69, 9.17) is 10.7 Å². The molecule has 1 aromatic heterocycles. The molecule has 0 aliphatic carbocycles. The van der Waals surface area contributed by atoms with Crippen LogP contribution in [0.3, 0.4) is 0 Å². The minimum atomic E-state index is -3.77. The highest BCUT2D eigenvalue weighted by atomic mass is 35.7. The van der Waals surface area contributed by atoms with Gasteiger partial charge in [-0.1, -0.05) is 26.2 Å². The number of rotatable bonds is 7. The van der Waals surface area contributed by atoms with E-state index in [1.807, 2.05) is 0 Å². The molecule has 0 fully saturated rings. The highest BCUT2D eigenvalue weighted by Gasteiger charge is 2.21. The van der Waals surface area contributed by atoms with Gasteiger partial charge in [0.2, 0.25) is 0 Å². The van der Waals surface area contributed by atoms with Crippen LogP contribution < -0.4 is 5.32 Å². The first kappa shape index (κ1) is 16.5. The number of hydrogen-bond acceptors (Lipinski definition) is 4. The number of nitrogens with one attached hydrogen (secondary N) is 1. The van der Waals surface area contributed by atoms with E-state index in [0.717, 1.165) is 37.0 Å². The summed E-state index contributed by atoms with van der Waals surface area (Å²) in [5, 5.41) is 4.33. The van der Waals surface area contributed by atoms with Crippen LogP contribution in [0.15, 0.2) is 9.59 Å². The molecule has 0 spiro atoms. The predicted octanol–water partition coefficient (Wildman–Crippen LogP) is 3.29. The van der Waals surface area contributed by atoms with E-state index in [1.54, 1.807) is 6.92 Å². The van der Waals surface area contributed by atoms with Crippen molar-refractivity contribution in [3.05, 3.63) is 16.5 Å². The third-order valence-corrected chi connectivity index (χ3v) is 6.08. The van der Waals surface area contributed by atoms with Crippen molar-refractivity contribution in [1.29, 1.82) is 0 Å². The van der Waals surface area contributed by atoms with Crippen LogP contribution in [-0.4, -0.2) is 20.9 Å². The Morgan fingerprint density at radius 3 is 2.58 bits per heavy atom. The molecule has 1 rings (SSSR count). The molecule has 4 nitrogen and oxygen atoms in total. The standard InChI is InChI=1S/C12H18ClNO3S2/c1-3-4-5-6-7-14-11(15)10-8-18-12(9(10)2)19(13,16)17/h8H,3-7H2,1-2H3,(H,14,15). The van der Waals surface area contributed by atoms with Gasteiger partial charge in [0.15, 0.2) is 0 Å². The Balaban J connectivity index is 2.61. The molecule has 19 heavy (non-hydrogen) atoms. The second-order valence-electron chi connectivity index (χ2n) is 4.32. The Hall–Kier alpha value is -0.590. The number of hydrogen-bond donors (Lipinski definition) is 1. The zero-order chi connectivity index (χ0) is 14.5. The minimum Gasteiger partial charge on any atom is -0.352 e. The van der Waals surface area contributed by atoms with E-state index in [-0.39, 0.29) is 10.1 Å². The van der Waals surface area contributed by atoms with Gasteiger partial charge < -0.3 is 5.32 Å². The molecule has 7 heteroatoms. The molecule has 1 heterocycles. The van der Waals surface area contributed by atoms with Gasteiger partial charge in [-0.05, 0) is 18.9 Å². The first-order valence-electron chi connectivity index (χ1n) is 6.19. The molecule has 0 bridgehead atoms. The average Bonchev–Trinajstić information content (AvgIpc) is 2.70. The van der Waals surface area contributed by atoms with Crippen molar-refractivity contribution in [2.75, 3.05) is 6.54 Å². The van der Waals surface area contributed by atoms with Crippen molar-refractivity contribution in [3.8, 4) is 0 Å². The lowest BCUT2D eigenvalue weighted by Crippen LogP contribution is -2.24. The first-order chi connectivity index (χ1) is 8.88. The van der Waals surface area contributed by atoms with Gasteiger partial charge in [-0.3, -0.25) is 4.79 Å². The van der Waals surface area contributed by atoms with Gasteiger partial charge in [0.1, 0.15) is 4.21 Å². The number of halogens is 1. The number of unbranched alkanes of at least 4 members (excludes halogenated alkanes) is 3. The van der Waals surface area contributed by atoms with Gasteiger partial charge in [0.25, 0.3) is 15.0 Å². The van der Waals surface area contributed by atoms with Crippen molar-refractivity contribution >= 4 is 37.0 Å². The average molecular weight is 324 g/mol. The first-order valence-corrected chi connectivity index (χ1v) is 9.37. The summed E-state index contributed by atoms with van der Waals surface area (Å²) < 4.78 is 22.6. The van der Waals surface area contributed by atoms with E-state index in [9.17, 15) is 13.2 Å². The van der Waals surface area contributed by atoms with Gasteiger partial charge in [-0.15, -0.1) is 11.3 Å². The van der Waals surface area contributed by atoms with Crippen molar-refractivity contribution in [3.63, 3.8) is 0 Å². The molecule has 108 valence electrons. The summed E-state index contributed by atoms with van der Waals surface area (Å²) in [5.74, 6) is -0.239. The lowest BCUT2D eigenvalue weighted by molar-refractivity contribution is 0.0952. The molecule has 0 unspecified atom stereocenters. The Labute approximate surface area is 122 Å². The number of thiophene rings is 1. The number of amides is 1. The third kappa shape index (κ3) is 4.78. The predicted molar refractivity (Wildman–Crippen MR) is 78.6 cm³/mol. The molecule has 0 aromatic carbocycles. The lowest BCUT2D eigenvalue weighted by atomic mass is 10.2. The fraction of sp³-hybridized carbons (Fsp3) is 0.583. The van der Waals surface area contributed by atoms with Crippen LogP contribution in [0.1, 0.15) is 48.5 Å². The monoisotopic (exact) mass is 323 g/mol. The van der Waals surface area contributed by atoms with Crippen molar-refractivity contribution in [1.82, 2.24) is 5.32 Å². The summed E-state index contributed by atoms with van der Waals surface area (Å²) in [6.07, 6.45) is 4.32. The van der Waals surface area contributed by atoms with Gasteiger partial charge in [-0.25, -0.2) is 8.42 Å². The van der Waals surface area contributed by atoms with Crippen molar-refractivity contribution in [2.45, 2.75) is 43.7 Å². The minimum absolute atomic E-state index is 0.0466. The maximum absolute atomic E-state index is 11.9. The van der Waals surface area contributed by atoms with Crippen molar-refractivity contribution in [2.24, 2.45) is 0 Å². The van der Waals surface area contributed by atoms with Crippen LogP contribution in [0.25, 0.3) is 0 Å². The van der Waals surface area contributed by atoms with E-state index in [0.29, 0.717) is 17.7 Å². The fourth-order valence-corrected chi connectivity index (χ4v) is 4.26. The fourth-order valence-electron chi connectivity index (χ4n) is 1.71. The molecule has 0 aliphatic rings. The van der Waals surface area contributed by atoms with Crippen LogP contribution in [0, 0.1) is 6.92 Å². The summed E-state index contributed by atoms with van der Waals surface area (Å²) in [4.78, 5) is 11.9. The van der Waals surface area contributed by atoms with Gasteiger partial charge in [0, 0.05) is 22.6 Å². The van der Waals surface area contributed by atoms with Crippen LogP contribution in [0.2, 0.25) is 0 Å². The molecule has 0 saturated heterocycles. The topological polar surface area (TPSA) is 63.2 Å². The summed E-state index contributed by atoms with van der Waals surface area (Å²) >= 11 is 0.978. The molecule has 0 atom stereocenters. The quantitative estimate of drug-likeness (QED) is 0.618. The van der Waals surface area contributed by atoms with Gasteiger partial charge in [-0.2, -0.15) is 0 Å². The summed E-state index contributed by atoms with van der Waals surface area (Å²) in [7, 11) is 1.53. The van der Waals surface area contributed by atoms with Crippen molar-refractivity contribution < 1.29 is 13.2 Å². The maximum atomic E-state index is 11.9. The number of carbonyl (C=O) groups excluding carboxylic acids is 1. The van der Waals surface area contributed by atoms with E-state index >= 15 is 0 Å². The normalized spacial score (nSPS) is 11.5. The molecule has 1 amide bonds. The zero-order valence-corrected chi connectivity index (χ0v) is 13.4. The SMILES string of the molecule is CCCCCCNC(=O)c1csc(S(=O)(=O)Cl)c1C. The van der Waals surface area contributed by atoms with Crippen LogP contribution >= 0.6 is 22.0 Å². The van der Waals surface area contributed by atoms with E-state index in [2.05, 4.69) is 12.2 Å². The largest absolute Gasteiger partial charge is 0.352 e. The molecule has 1 N–H and O–H groups in total. The summed E-state index contributed by atoms with van der Waals surface area (Å²) in [6, 6.07) is 0. The molecule has 0 saturated carbocycles. The zero-order valence-electron chi connectivity index (χ0n) is 11.0. The molecule has 0 radical (unpaired) electrons. The Morgan fingerprint density at radius 2 is 2.05 bits per heavy atom. The summed E-state index contributed by atoms with van der Waals surface area (Å²) in [6.45, 7) is 4.33. The van der Waals surface area contributed by atoms with Gasteiger partial charge in [0.05, 0.1) is 5.56 Å². The Bertz CT molecular complexity index is 537. The molecular formula is C12H18ClNO3S2. The Kier molecular flexibility index (Phi) is 6.29. The maximum Gasteiger partial charge on any atom is 0.271 e. The van der Waals surface area contributed by atoms with E-state index in [1.165, 1.54) is 5.38 Å². The molecule has 1 aromatic rings. The van der Waals surface area contributed by atoms with E-state index < -0.39 is 9.05 Å². The highest BCUT2D eigenvalue weighted by molar-refractivity contribution is 8.15. The van der Waals surface area contributed by atoms with Crippen LogP contribution in [0.5, 0.6) is 0 Å². The number of carbonyl (C=O) groups is 1. The second kappa shape index (κ2) is 7.26. The molecular weight excluding hydrogens is 306 g/mol. The van der Waals surface area contributed by atoms with Crippen LogP contribution in [0.4, 0.5) is 0 Å².